The maximum Gasteiger partial charge on any atom is 0.322 e. The van der Waals surface area contributed by atoms with E-state index in [-0.39, 0.29) is 16.3 Å². The van der Waals surface area contributed by atoms with Gasteiger partial charge in [-0.3, -0.25) is 4.79 Å². The lowest BCUT2D eigenvalue weighted by molar-refractivity contribution is -0.138. The molecular formula is C13H16ClNO4S. The predicted molar refractivity (Wildman–Crippen MR) is 77.4 cm³/mol. The van der Waals surface area contributed by atoms with E-state index in [9.17, 15) is 13.2 Å². The molecule has 0 amide bonds. The fraction of sp³-hybridized carbons (Fsp3) is 0.308. The fourth-order valence-corrected chi connectivity index (χ4v) is 3.34. The Balaban J connectivity index is 3.12. The third kappa shape index (κ3) is 4.33. The van der Waals surface area contributed by atoms with Crippen LogP contribution >= 0.6 is 11.6 Å². The largest absolute Gasteiger partial charge is 0.480 e. The summed E-state index contributed by atoms with van der Waals surface area (Å²) in [5, 5.41) is 9.33. The van der Waals surface area contributed by atoms with Gasteiger partial charge in [-0.05, 0) is 38.0 Å². The Kier molecular flexibility index (Phi) is 5.33. The lowest BCUT2D eigenvalue weighted by atomic mass is 10.1. The third-order valence-electron chi connectivity index (χ3n) is 2.59. The van der Waals surface area contributed by atoms with Gasteiger partial charge in [-0.1, -0.05) is 23.2 Å². The Labute approximate surface area is 123 Å². The number of aryl methyl sites for hydroxylation is 1. The highest BCUT2D eigenvalue weighted by atomic mass is 35.5. The summed E-state index contributed by atoms with van der Waals surface area (Å²) in [4.78, 5) is 11.1. The van der Waals surface area contributed by atoms with E-state index in [0.717, 1.165) is 0 Å². The molecule has 0 bridgehead atoms. The number of hydrogen-bond donors (Lipinski definition) is 2. The molecule has 0 aliphatic rings. The minimum atomic E-state index is -3.96. The van der Waals surface area contributed by atoms with E-state index in [4.69, 9.17) is 16.7 Å². The zero-order valence-corrected chi connectivity index (χ0v) is 12.8. The molecule has 0 aliphatic heterocycles. The van der Waals surface area contributed by atoms with Crippen molar-refractivity contribution < 1.29 is 18.3 Å². The number of carboxylic acid groups (broad SMARTS) is 1. The molecule has 1 atom stereocenters. The van der Waals surface area contributed by atoms with Crippen LogP contribution < -0.4 is 4.72 Å². The van der Waals surface area contributed by atoms with E-state index in [1.165, 1.54) is 6.07 Å². The maximum absolute atomic E-state index is 12.2. The summed E-state index contributed by atoms with van der Waals surface area (Å²) >= 11 is 5.78. The summed E-state index contributed by atoms with van der Waals surface area (Å²) in [5.74, 6) is -1.25. The highest BCUT2D eigenvalue weighted by molar-refractivity contribution is 7.89. The molecule has 0 heterocycles. The summed E-state index contributed by atoms with van der Waals surface area (Å²) in [6.07, 6.45) is 0.0220. The molecule has 7 heteroatoms. The highest BCUT2D eigenvalue weighted by Crippen LogP contribution is 2.20. The van der Waals surface area contributed by atoms with Crippen LogP contribution in [0.5, 0.6) is 0 Å². The van der Waals surface area contributed by atoms with Gasteiger partial charge in [0.25, 0.3) is 0 Å². The lowest BCUT2D eigenvalue weighted by Crippen LogP contribution is -2.41. The molecule has 0 fully saturated rings. The Morgan fingerprint density at radius 2 is 2.10 bits per heavy atom. The second kappa shape index (κ2) is 6.39. The molecule has 1 aromatic rings. The number of hydrogen-bond acceptors (Lipinski definition) is 3. The van der Waals surface area contributed by atoms with Crippen LogP contribution in [0.2, 0.25) is 5.02 Å². The molecule has 0 saturated carbocycles. The van der Waals surface area contributed by atoms with Crippen LogP contribution in [-0.2, 0) is 14.8 Å². The molecule has 0 saturated heterocycles. The first-order valence-electron chi connectivity index (χ1n) is 5.79. The number of benzene rings is 1. The van der Waals surface area contributed by atoms with Crippen molar-refractivity contribution in [3.05, 3.63) is 40.9 Å². The monoisotopic (exact) mass is 317 g/mol. The molecular weight excluding hydrogens is 302 g/mol. The lowest BCUT2D eigenvalue weighted by Gasteiger charge is -2.16. The van der Waals surface area contributed by atoms with Gasteiger partial charge < -0.3 is 5.11 Å². The first-order valence-corrected chi connectivity index (χ1v) is 7.65. The van der Waals surface area contributed by atoms with Crippen molar-refractivity contribution >= 4 is 27.6 Å². The van der Waals surface area contributed by atoms with Gasteiger partial charge in [0.15, 0.2) is 0 Å². The van der Waals surface area contributed by atoms with E-state index < -0.39 is 22.0 Å². The first-order chi connectivity index (χ1) is 9.13. The molecule has 1 unspecified atom stereocenters. The Bertz CT molecular complexity index is 640. The van der Waals surface area contributed by atoms with Crippen molar-refractivity contribution in [3.8, 4) is 0 Å². The third-order valence-corrected chi connectivity index (χ3v) is 4.44. The second-order valence-corrected chi connectivity index (χ2v) is 6.70. The second-order valence-electron chi connectivity index (χ2n) is 4.58. The molecule has 1 aromatic carbocycles. The van der Waals surface area contributed by atoms with Gasteiger partial charge in [0, 0.05) is 5.02 Å². The van der Waals surface area contributed by atoms with Gasteiger partial charge in [-0.15, -0.1) is 6.58 Å². The standard InChI is InChI=1S/C13H16ClNO4S/c1-8(2)6-11(13(16)17)15-20(18,19)12-7-10(14)5-4-9(12)3/h4-5,7,11,15H,1,6H2,2-3H3,(H,16,17). The van der Waals surface area contributed by atoms with E-state index in [1.807, 2.05) is 0 Å². The van der Waals surface area contributed by atoms with Gasteiger partial charge in [-0.2, -0.15) is 4.72 Å². The van der Waals surface area contributed by atoms with Crippen molar-refractivity contribution in [1.82, 2.24) is 4.72 Å². The van der Waals surface area contributed by atoms with E-state index >= 15 is 0 Å². The summed E-state index contributed by atoms with van der Waals surface area (Å²) < 4.78 is 26.6. The van der Waals surface area contributed by atoms with Crippen LogP contribution in [0, 0.1) is 6.92 Å². The number of rotatable bonds is 6. The minimum Gasteiger partial charge on any atom is -0.480 e. The zero-order valence-electron chi connectivity index (χ0n) is 11.2. The molecule has 0 radical (unpaired) electrons. The number of halogens is 1. The number of nitrogens with one attached hydrogen (secondary N) is 1. The number of sulfonamides is 1. The van der Waals surface area contributed by atoms with Crippen LogP contribution in [0.1, 0.15) is 18.9 Å². The van der Waals surface area contributed by atoms with Crippen LogP contribution in [-0.4, -0.2) is 25.5 Å². The molecule has 0 aromatic heterocycles. The molecule has 110 valence electrons. The molecule has 0 aliphatic carbocycles. The SMILES string of the molecule is C=C(C)CC(NS(=O)(=O)c1cc(Cl)ccc1C)C(=O)O. The Morgan fingerprint density at radius 3 is 2.60 bits per heavy atom. The van der Waals surface area contributed by atoms with Crippen molar-refractivity contribution in [3.63, 3.8) is 0 Å². The van der Waals surface area contributed by atoms with Gasteiger partial charge in [0.05, 0.1) is 4.90 Å². The van der Waals surface area contributed by atoms with Crippen molar-refractivity contribution in [2.75, 3.05) is 0 Å². The molecule has 2 N–H and O–H groups in total. The smallest absolute Gasteiger partial charge is 0.322 e. The number of carboxylic acids is 1. The van der Waals surface area contributed by atoms with Crippen LogP contribution in [0.4, 0.5) is 0 Å². The number of aliphatic carboxylic acids is 1. The summed E-state index contributed by atoms with van der Waals surface area (Å²) in [5.41, 5.74) is 1.06. The maximum atomic E-state index is 12.2. The van der Waals surface area contributed by atoms with Crippen molar-refractivity contribution in [1.29, 1.82) is 0 Å². The minimum absolute atomic E-state index is 0.0220. The fourth-order valence-electron chi connectivity index (χ4n) is 1.64. The quantitative estimate of drug-likeness (QED) is 0.789. The van der Waals surface area contributed by atoms with Crippen LogP contribution in [0.15, 0.2) is 35.2 Å². The Hall–Kier alpha value is -1.37. The molecule has 20 heavy (non-hydrogen) atoms. The van der Waals surface area contributed by atoms with Gasteiger partial charge >= 0.3 is 5.97 Å². The topological polar surface area (TPSA) is 83.5 Å². The van der Waals surface area contributed by atoms with Crippen LogP contribution in [0.3, 0.4) is 0 Å². The van der Waals surface area contributed by atoms with Crippen LogP contribution in [0.25, 0.3) is 0 Å². The van der Waals surface area contributed by atoms with E-state index in [1.54, 1.807) is 26.0 Å². The van der Waals surface area contributed by atoms with Gasteiger partial charge in [0.1, 0.15) is 6.04 Å². The number of carbonyl (C=O) groups is 1. The zero-order chi connectivity index (χ0) is 15.5. The summed E-state index contributed by atoms with van der Waals surface area (Å²) in [6.45, 7) is 6.84. The summed E-state index contributed by atoms with van der Waals surface area (Å²) in [7, 11) is -3.96. The highest BCUT2D eigenvalue weighted by Gasteiger charge is 2.26. The van der Waals surface area contributed by atoms with E-state index in [0.29, 0.717) is 11.1 Å². The van der Waals surface area contributed by atoms with Crippen molar-refractivity contribution in [2.24, 2.45) is 0 Å². The van der Waals surface area contributed by atoms with Gasteiger partial charge in [-0.25, -0.2) is 8.42 Å². The average molecular weight is 318 g/mol. The Morgan fingerprint density at radius 1 is 1.50 bits per heavy atom. The molecule has 5 nitrogen and oxygen atoms in total. The van der Waals surface area contributed by atoms with Crippen molar-refractivity contribution in [2.45, 2.75) is 31.2 Å². The molecule has 0 spiro atoms. The first kappa shape index (κ1) is 16.7. The molecule has 1 rings (SSSR count). The van der Waals surface area contributed by atoms with Gasteiger partial charge in [0.2, 0.25) is 10.0 Å². The summed E-state index contributed by atoms with van der Waals surface area (Å²) in [6, 6.07) is 3.17. The normalized spacial score (nSPS) is 12.9. The average Bonchev–Trinajstić information content (AvgIpc) is 2.30. The predicted octanol–water partition coefficient (Wildman–Crippen LogP) is 2.35. The van der Waals surface area contributed by atoms with E-state index in [2.05, 4.69) is 11.3 Å².